The summed E-state index contributed by atoms with van der Waals surface area (Å²) in [5, 5.41) is 16.8. The summed E-state index contributed by atoms with van der Waals surface area (Å²) >= 11 is 0. The Bertz CT molecular complexity index is 531. The number of aliphatic carboxylic acids is 2. The number of carboxylic acids is 2. The normalized spacial score (nSPS) is 21.3. The molecule has 1 aliphatic carbocycles. The number of alkyl halides is 3. The van der Waals surface area contributed by atoms with E-state index in [4.69, 9.17) is 9.90 Å². The molecular formula is C17H27F3N2O5. The lowest BCUT2D eigenvalue weighted by molar-refractivity contribution is -0.192. The van der Waals surface area contributed by atoms with Gasteiger partial charge in [0, 0.05) is 19.6 Å². The Labute approximate surface area is 156 Å². The van der Waals surface area contributed by atoms with E-state index in [1.165, 1.54) is 0 Å². The van der Waals surface area contributed by atoms with Crippen LogP contribution < -0.4 is 0 Å². The monoisotopic (exact) mass is 396 g/mol. The van der Waals surface area contributed by atoms with Crippen molar-refractivity contribution in [1.29, 1.82) is 0 Å². The molecule has 1 aliphatic heterocycles. The van der Waals surface area contributed by atoms with E-state index in [0.717, 1.165) is 45.2 Å². The zero-order valence-electron chi connectivity index (χ0n) is 15.4. The average molecular weight is 396 g/mol. The fourth-order valence-electron chi connectivity index (χ4n) is 3.40. The lowest BCUT2D eigenvalue weighted by atomic mass is 9.79. The van der Waals surface area contributed by atoms with Crippen molar-refractivity contribution in [1.82, 2.24) is 9.80 Å². The minimum atomic E-state index is -5.08. The van der Waals surface area contributed by atoms with Crippen molar-refractivity contribution in [2.75, 3.05) is 33.2 Å². The van der Waals surface area contributed by atoms with E-state index in [0.29, 0.717) is 25.9 Å². The van der Waals surface area contributed by atoms with Gasteiger partial charge in [0.1, 0.15) is 5.41 Å². The fraction of sp³-hybridized carbons (Fsp3) is 0.824. The standard InChI is InChI=1S/C15H26N2O3.C2HF3O2/c1-16-9-6-10-17(12-11-16)13(18)15(14(19)20)7-4-2-3-5-8-15;3-2(4,5)1(6)7/h2-12H2,1H3,(H,19,20);(H,6,7). The molecule has 7 nitrogen and oxygen atoms in total. The molecule has 1 saturated heterocycles. The molecule has 0 atom stereocenters. The Morgan fingerprint density at radius 2 is 1.37 bits per heavy atom. The number of rotatable bonds is 2. The van der Waals surface area contributed by atoms with Gasteiger partial charge in [0.2, 0.25) is 5.91 Å². The number of hydrogen-bond donors (Lipinski definition) is 2. The summed E-state index contributed by atoms with van der Waals surface area (Å²) < 4.78 is 31.7. The van der Waals surface area contributed by atoms with E-state index in [2.05, 4.69) is 4.90 Å². The highest BCUT2D eigenvalue weighted by Gasteiger charge is 2.48. The maximum Gasteiger partial charge on any atom is 0.490 e. The lowest BCUT2D eigenvalue weighted by Gasteiger charge is -2.33. The molecule has 0 aromatic heterocycles. The SMILES string of the molecule is CN1CCCN(C(=O)C2(C(=O)O)CCCCCC2)CC1.O=C(O)C(F)(F)F. The molecule has 0 aromatic carbocycles. The molecule has 0 bridgehead atoms. The summed E-state index contributed by atoms with van der Waals surface area (Å²) in [6, 6.07) is 0. The number of carboxylic acid groups (broad SMARTS) is 2. The molecule has 2 rings (SSSR count). The first-order valence-corrected chi connectivity index (χ1v) is 9.02. The molecule has 1 amide bonds. The Morgan fingerprint density at radius 1 is 0.852 bits per heavy atom. The topological polar surface area (TPSA) is 98.2 Å². The summed E-state index contributed by atoms with van der Waals surface area (Å²) in [5.74, 6) is -3.81. The molecule has 0 unspecified atom stereocenters. The second kappa shape index (κ2) is 9.91. The van der Waals surface area contributed by atoms with Crippen LogP contribution in [-0.2, 0) is 14.4 Å². The van der Waals surface area contributed by atoms with Gasteiger partial charge in [-0.15, -0.1) is 0 Å². The fourth-order valence-corrected chi connectivity index (χ4v) is 3.40. The smallest absolute Gasteiger partial charge is 0.480 e. The minimum absolute atomic E-state index is 0.137. The van der Waals surface area contributed by atoms with Crippen LogP contribution in [0.4, 0.5) is 13.2 Å². The van der Waals surface area contributed by atoms with Gasteiger partial charge in [-0.3, -0.25) is 9.59 Å². The van der Waals surface area contributed by atoms with Gasteiger partial charge >= 0.3 is 18.1 Å². The highest BCUT2D eigenvalue weighted by molar-refractivity contribution is 6.02. The predicted octanol–water partition coefficient (Wildman–Crippen LogP) is 2.21. The van der Waals surface area contributed by atoms with Crippen molar-refractivity contribution in [2.24, 2.45) is 5.41 Å². The third-order valence-corrected chi connectivity index (χ3v) is 5.03. The van der Waals surface area contributed by atoms with Crippen molar-refractivity contribution < 1.29 is 37.8 Å². The van der Waals surface area contributed by atoms with Crippen molar-refractivity contribution in [3.8, 4) is 0 Å². The van der Waals surface area contributed by atoms with E-state index in [1.54, 1.807) is 4.90 Å². The zero-order chi connectivity index (χ0) is 20.7. The van der Waals surface area contributed by atoms with E-state index in [9.17, 15) is 27.9 Å². The minimum Gasteiger partial charge on any atom is -0.480 e. The summed E-state index contributed by atoms with van der Waals surface area (Å²) in [6.45, 7) is 3.16. The van der Waals surface area contributed by atoms with Crippen LogP contribution in [0.15, 0.2) is 0 Å². The molecule has 1 saturated carbocycles. The van der Waals surface area contributed by atoms with Crippen molar-refractivity contribution >= 4 is 17.8 Å². The third-order valence-electron chi connectivity index (χ3n) is 5.03. The van der Waals surface area contributed by atoms with Gasteiger partial charge in [0.25, 0.3) is 0 Å². The third kappa shape index (κ3) is 6.67. The van der Waals surface area contributed by atoms with Crippen molar-refractivity contribution in [2.45, 2.75) is 51.1 Å². The summed E-state index contributed by atoms with van der Waals surface area (Å²) in [5.41, 5.74) is -1.15. The molecule has 2 aliphatic rings. The largest absolute Gasteiger partial charge is 0.490 e. The highest BCUT2D eigenvalue weighted by atomic mass is 19.4. The molecule has 0 aromatic rings. The van der Waals surface area contributed by atoms with Gasteiger partial charge < -0.3 is 20.0 Å². The lowest BCUT2D eigenvalue weighted by Crippen LogP contribution is -2.49. The first-order valence-electron chi connectivity index (χ1n) is 9.02. The van der Waals surface area contributed by atoms with Gasteiger partial charge in [-0.25, -0.2) is 4.79 Å². The van der Waals surface area contributed by atoms with Crippen LogP contribution in [0.5, 0.6) is 0 Å². The maximum absolute atomic E-state index is 12.9. The molecule has 2 N–H and O–H groups in total. The van der Waals surface area contributed by atoms with E-state index >= 15 is 0 Å². The molecule has 156 valence electrons. The van der Waals surface area contributed by atoms with E-state index in [1.807, 2.05) is 7.05 Å². The van der Waals surface area contributed by atoms with Crippen LogP contribution in [0.25, 0.3) is 0 Å². The molecule has 1 heterocycles. The Balaban J connectivity index is 0.000000445. The van der Waals surface area contributed by atoms with Crippen molar-refractivity contribution in [3.05, 3.63) is 0 Å². The van der Waals surface area contributed by atoms with Gasteiger partial charge in [-0.1, -0.05) is 25.7 Å². The maximum atomic E-state index is 12.9. The van der Waals surface area contributed by atoms with Gasteiger partial charge in [0.05, 0.1) is 0 Å². The molecule has 0 spiro atoms. The first-order chi connectivity index (χ1) is 12.5. The molecule has 0 radical (unpaired) electrons. The van der Waals surface area contributed by atoms with Crippen molar-refractivity contribution in [3.63, 3.8) is 0 Å². The van der Waals surface area contributed by atoms with Crippen LogP contribution >= 0.6 is 0 Å². The van der Waals surface area contributed by atoms with E-state index in [-0.39, 0.29) is 5.91 Å². The summed E-state index contributed by atoms with van der Waals surface area (Å²) in [4.78, 5) is 37.6. The summed E-state index contributed by atoms with van der Waals surface area (Å²) in [6.07, 6.45) is 0.659. The Hall–Kier alpha value is -1.84. The Kier molecular flexibility index (Phi) is 8.52. The molecule has 27 heavy (non-hydrogen) atoms. The highest BCUT2D eigenvalue weighted by Crippen LogP contribution is 2.37. The average Bonchev–Trinajstić information content (AvgIpc) is 2.95. The molecule has 10 heteroatoms. The number of amides is 1. The van der Waals surface area contributed by atoms with Crippen LogP contribution in [0.3, 0.4) is 0 Å². The van der Waals surface area contributed by atoms with Crippen LogP contribution in [0, 0.1) is 5.41 Å². The summed E-state index contributed by atoms with van der Waals surface area (Å²) in [7, 11) is 2.05. The number of carbonyl (C=O) groups excluding carboxylic acids is 1. The molecule has 2 fully saturated rings. The second-order valence-corrected chi connectivity index (χ2v) is 7.05. The van der Waals surface area contributed by atoms with Crippen LogP contribution in [0.2, 0.25) is 0 Å². The van der Waals surface area contributed by atoms with Crippen LogP contribution in [-0.4, -0.2) is 77.3 Å². The quantitative estimate of drug-likeness (QED) is 0.549. The van der Waals surface area contributed by atoms with E-state index < -0.39 is 23.5 Å². The van der Waals surface area contributed by atoms with Gasteiger partial charge in [-0.2, -0.15) is 13.2 Å². The van der Waals surface area contributed by atoms with Gasteiger partial charge in [-0.05, 0) is 32.9 Å². The predicted molar refractivity (Wildman–Crippen MR) is 90.2 cm³/mol. The number of nitrogens with zero attached hydrogens (tertiary/aromatic N) is 2. The zero-order valence-corrected chi connectivity index (χ0v) is 15.4. The van der Waals surface area contributed by atoms with Gasteiger partial charge in [0.15, 0.2) is 0 Å². The van der Waals surface area contributed by atoms with Crippen LogP contribution in [0.1, 0.15) is 44.9 Å². The number of likely N-dealkylation sites (N-methyl/N-ethyl adjacent to an activating group) is 1. The number of hydrogen-bond acceptors (Lipinski definition) is 4. The molecular weight excluding hydrogens is 369 g/mol. The number of carbonyl (C=O) groups is 3. The first kappa shape index (κ1) is 23.2. The Morgan fingerprint density at radius 3 is 1.81 bits per heavy atom. The number of halogens is 3. The second-order valence-electron chi connectivity index (χ2n) is 7.05.